The zero-order valence-electron chi connectivity index (χ0n) is 18.6. The maximum Gasteiger partial charge on any atom is 0.340 e. The topological polar surface area (TPSA) is 97.8 Å². The van der Waals surface area contributed by atoms with Crippen LogP contribution in [-0.4, -0.2) is 43.8 Å². The first-order chi connectivity index (χ1) is 16.1. The standard InChI is InChI=1S/C25H22ClNO6S/c1-14-18-9-20-21(15-3-5-16(26)6-4-15)12-32-22(20)11-23(18)33-25(29)19(14)10-24(28)27(2)17-7-8-34(30,31)13-17/h3-6,9,11-12,17H,7-8,10,13H2,1-2H3/t17-/m0/s1. The Hall–Kier alpha value is -3.10. The maximum absolute atomic E-state index is 12.9. The van der Waals surface area contributed by atoms with Crippen molar-refractivity contribution in [2.24, 2.45) is 0 Å². The molecule has 2 aromatic carbocycles. The van der Waals surface area contributed by atoms with E-state index in [1.807, 2.05) is 18.2 Å². The lowest BCUT2D eigenvalue weighted by Crippen LogP contribution is -2.39. The van der Waals surface area contributed by atoms with Crippen LogP contribution in [0.2, 0.25) is 5.02 Å². The fourth-order valence-corrected chi connectivity index (χ4v) is 6.43. The van der Waals surface area contributed by atoms with Crippen LogP contribution in [-0.2, 0) is 21.1 Å². The van der Waals surface area contributed by atoms with Crippen molar-refractivity contribution in [2.75, 3.05) is 18.6 Å². The van der Waals surface area contributed by atoms with E-state index in [-0.39, 0.29) is 35.4 Å². The second-order valence-corrected chi connectivity index (χ2v) is 11.4. The van der Waals surface area contributed by atoms with Gasteiger partial charge in [0, 0.05) is 40.5 Å². The Morgan fingerprint density at radius 1 is 1.15 bits per heavy atom. The lowest BCUT2D eigenvalue weighted by Gasteiger charge is -2.23. The van der Waals surface area contributed by atoms with Crippen LogP contribution in [0.15, 0.2) is 56.3 Å². The Morgan fingerprint density at radius 2 is 1.88 bits per heavy atom. The zero-order valence-corrected chi connectivity index (χ0v) is 20.2. The van der Waals surface area contributed by atoms with Crippen molar-refractivity contribution in [1.82, 2.24) is 4.90 Å². The second kappa shape index (κ2) is 8.29. The first-order valence-electron chi connectivity index (χ1n) is 10.8. The number of carbonyl (C=O) groups is 1. The van der Waals surface area contributed by atoms with Crippen molar-refractivity contribution in [2.45, 2.75) is 25.8 Å². The van der Waals surface area contributed by atoms with Gasteiger partial charge in [0.25, 0.3) is 0 Å². The summed E-state index contributed by atoms with van der Waals surface area (Å²) in [6.07, 6.45) is 1.89. The number of hydrogen-bond donors (Lipinski definition) is 0. The minimum Gasteiger partial charge on any atom is -0.464 e. The highest BCUT2D eigenvalue weighted by Gasteiger charge is 2.33. The van der Waals surface area contributed by atoms with Crippen molar-refractivity contribution in [3.63, 3.8) is 0 Å². The van der Waals surface area contributed by atoms with Crippen molar-refractivity contribution < 1.29 is 22.0 Å². The number of carbonyl (C=O) groups excluding carboxylic acids is 1. The van der Waals surface area contributed by atoms with Gasteiger partial charge in [0.2, 0.25) is 5.91 Å². The van der Waals surface area contributed by atoms with Crippen LogP contribution >= 0.6 is 11.6 Å². The average molecular weight is 500 g/mol. The molecule has 1 amide bonds. The van der Waals surface area contributed by atoms with Crippen LogP contribution in [0.4, 0.5) is 0 Å². The third kappa shape index (κ3) is 4.01. The van der Waals surface area contributed by atoms with Crippen LogP contribution in [0, 0.1) is 6.92 Å². The van der Waals surface area contributed by atoms with Crippen LogP contribution in [0.1, 0.15) is 17.5 Å². The number of furan rings is 1. The molecule has 0 N–H and O–H groups in total. The molecule has 7 nitrogen and oxygen atoms in total. The third-order valence-corrected chi connectivity index (χ3v) is 8.62. The molecule has 9 heteroatoms. The van der Waals surface area contributed by atoms with Crippen LogP contribution in [0.25, 0.3) is 33.1 Å². The number of hydrogen-bond acceptors (Lipinski definition) is 6. The molecule has 3 heterocycles. The smallest absolute Gasteiger partial charge is 0.340 e. The molecule has 176 valence electrons. The summed E-state index contributed by atoms with van der Waals surface area (Å²) in [4.78, 5) is 27.1. The Bertz CT molecular complexity index is 1600. The predicted octanol–water partition coefficient (Wildman–Crippen LogP) is 4.36. The van der Waals surface area contributed by atoms with E-state index in [4.69, 9.17) is 20.4 Å². The molecular weight excluding hydrogens is 478 g/mol. The summed E-state index contributed by atoms with van der Waals surface area (Å²) in [5.74, 6) is -0.293. The number of aryl methyl sites for hydroxylation is 1. The van der Waals surface area contributed by atoms with Gasteiger partial charge in [0.15, 0.2) is 9.84 Å². The number of benzene rings is 2. The van der Waals surface area contributed by atoms with Gasteiger partial charge >= 0.3 is 5.63 Å². The fourth-order valence-electron chi connectivity index (χ4n) is 4.53. The Labute approximate surface area is 200 Å². The van der Waals surface area contributed by atoms with Crippen LogP contribution in [0.3, 0.4) is 0 Å². The normalized spacial score (nSPS) is 17.4. The highest BCUT2D eigenvalue weighted by atomic mass is 35.5. The first kappa shape index (κ1) is 22.7. The summed E-state index contributed by atoms with van der Waals surface area (Å²) in [5.41, 5.74) is 3.08. The van der Waals surface area contributed by atoms with Crippen molar-refractivity contribution in [1.29, 1.82) is 0 Å². The van der Waals surface area contributed by atoms with E-state index in [0.717, 1.165) is 16.5 Å². The number of sulfone groups is 1. The van der Waals surface area contributed by atoms with Gasteiger partial charge in [-0.15, -0.1) is 0 Å². The van der Waals surface area contributed by atoms with Crippen molar-refractivity contribution >= 4 is 49.3 Å². The average Bonchev–Trinajstić information content (AvgIpc) is 3.37. The van der Waals surface area contributed by atoms with E-state index in [2.05, 4.69) is 0 Å². The number of rotatable bonds is 4. The lowest BCUT2D eigenvalue weighted by atomic mass is 9.99. The molecule has 1 saturated heterocycles. The van der Waals surface area contributed by atoms with E-state index >= 15 is 0 Å². The van der Waals surface area contributed by atoms with E-state index in [9.17, 15) is 18.0 Å². The SMILES string of the molecule is Cc1c(CC(=O)N(C)[C@H]2CCS(=O)(=O)C2)c(=O)oc2cc3occ(-c4ccc(Cl)cc4)c3cc12. The molecular formula is C25H22ClNO6S. The minimum absolute atomic E-state index is 0.0491. The van der Waals surface area contributed by atoms with Gasteiger partial charge in [-0.25, -0.2) is 13.2 Å². The molecule has 0 aliphatic carbocycles. The molecule has 0 bridgehead atoms. The summed E-state index contributed by atoms with van der Waals surface area (Å²) in [6, 6.07) is 10.6. The third-order valence-electron chi connectivity index (χ3n) is 6.61. The summed E-state index contributed by atoms with van der Waals surface area (Å²) >= 11 is 6.02. The quantitative estimate of drug-likeness (QED) is 0.387. The van der Waals surface area contributed by atoms with E-state index < -0.39 is 15.5 Å². The largest absolute Gasteiger partial charge is 0.464 e. The number of amides is 1. The Kier molecular flexibility index (Phi) is 5.53. The molecule has 2 aromatic heterocycles. The van der Waals surface area contributed by atoms with E-state index in [1.165, 1.54) is 4.90 Å². The van der Waals surface area contributed by atoms with Gasteiger partial charge in [-0.2, -0.15) is 0 Å². The summed E-state index contributed by atoms with van der Waals surface area (Å²) < 4.78 is 34.9. The number of halogens is 1. The Balaban J connectivity index is 1.53. The highest BCUT2D eigenvalue weighted by Crippen LogP contribution is 2.35. The van der Waals surface area contributed by atoms with Gasteiger partial charge in [-0.05, 0) is 42.7 Å². The summed E-state index contributed by atoms with van der Waals surface area (Å²) in [5, 5.41) is 2.18. The monoisotopic (exact) mass is 499 g/mol. The lowest BCUT2D eigenvalue weighted by molar-refractivity contribution is -0.130. The molecule has 34 heavy (non-hydrogen) atoms. The van der Waals surface area contributed by atoms with E-state index in [1.54, 1.807) is 38.4 Å². The van der Waals surface area contributed by atoms with Crippen molar-refractivity contribution in [3.05, 3.63) is 69.2 Å². The molecule has 0 spiro atoms. The summed E-state index contributed by atoms with van der Waals surface area (Å²) in [6.45, 7) is 1.79. The molecule has 4 aromatic rings. The van der Waals surface area contributed by atoms with Gasteiger partial charge in [-0.1, -0.05) is 23.7 Å². The highest BCUT2D eigenvalue weighted by molar-refractivity contribution is 7.91. The van der Waals surface area contributed by atoms with Gasteiger partial charge in [-0.3, -0.25) is 4.79 Å². The summed E-state index contributed by atoms with van der Waals surface area (Å²) in [7, 11) is -1.54. The van der Waals surface area contributed by atoms with Gasteiger partial charge < -0.3 is 13.7 Å². The first-order valence-corrected chi connectivity index (χ1v) is 13.0. The second-order valence-electron chi connectivity index (χ2n) is 8.73. The molecule has 1 aliphatic rings. The maximum atomic E-state index is 12.9. The molecule has 1 aliphatic heterocycles. The Morgan fingerprint density at radius 3 is 2.56 bits per heavy atom. The number of fused-ring (bicyclic) bond motifs is 2. The molecule has 0 radical (unpaired) electrons. The van der Waals surface area contributed by atoms with Gasteiger partial charge in [0.1, 0.15) is 11.2 Å². The predicted molar refractivity (Wildman–Crippen MR) is 131 cm³/mol. The minimum atomic E-state index is -3.13. The van der Waals surface area contributed by atoms with Crippen molar-refractivity contribution in [3.8, 4) is 11.1 Å². The van der Waals surface area contributed by atoms with Crippen LogP contribution < -0.4 is 5.63 Å². The van der Waals surface area contributed by atoms with Gasteiger partial charge in [0.05, 0.1) is 29.8 Å². The molecule has 0 saturated carbocycles. The number of nitrogens with zero attached hydrogens (tertiary/aromatic N) is 1. The molecule has 1 fully saturated rings. The van der Waals surface area contributed by atoms with E-state index in [0.29, 0.717) is 33.6 Å². The van der Waals surface area contributed by atoms with Crippen LogP contribution in [0.5, 0.6) is 0 Å². The molecule has 0 unspecified atom stereocenters. The number of likely N-dealkylation sites (N-methyl/N-ethyl adjacent to an activating group) is 1. The molecule has 5 rings (SSSR count). The molecule has 1 atom stereocenters. The fraction of sp³-hybridized carbons (Fsp3) is 0.280. The zero-order chi connectivity index (χ0) is 24.2.